The molecule has 1 aromatic carbocycles. The van der Waals surface area contributed by atoms with Gasteiger partial charge in [-0.15, -0.1) is 0 Å². The van der Waals surface area contributed by atoms with Crippen LogP contribution in [0.5, 0.6) is 5.75 Å². The third-order valence-electron chi connectivity index (χ3n) is 1.90. The molecule has 16 heavy (non-hydrogen) atoms. The Morgan fingerprint density at radius 3 is 2.94 bits per heavy atom. The molecule has 0 atom stereocenters. The number of para-hydroxylation sites is 2. The predicted molar refractivity (Wildman–Crippen MR) is 60.0 cm³/mol. The van der Waals surface area contributed by atoms with Crippen molar-refractivity contribution in [1.82, 2.24) is 0 Å². The van der Waals surface area contributed by atoms with Crippen LogP contribution in [-0.4, -0.2) is 17.6 Å². The number of phenolic OH excluding ortho intramolecular Hbond substituents is 1. The van der Waals surface area contributed by atoms with Gasteiger partial charge in [-0.1, -0.05) is 17.2 Å². The van der Waals surface area contributed by atoms with Crippen LogP contribution in [0, 0.1) is 0 Å². The van der Waals surface area contributed by atoms with Crippen LogP contribution in [0.2, 0.25) is 0 Å². The van der Waals surface area contributed by atoms with Crippen molar-refractivity contribution in [1.29, 1.82) is 0 Å². The number of hydrogen-bond donors (Lipinski definition) is 2. The summed E-state index contributed by atoms with van der Waals surface area (Å²) < 4.78 is 0. The highest BCUT2D eigenvalue weighted by Crippen LogP contribution is 2.21. The molecule has 0 aliphatic heterocycles. The number of benzene rings is 1. The summed E-state index contributed by atoms with van der Waals surface area (Å²) in [6.45, 7) is 0.296. The lowest BCUT2D eigenvalue weighted by Crippen LogP contribution is -2.11. The van der Waals surface area contributed by atoms with E-state index in [4.69, 9.17) is 5.53 Å². The summed E-state index contributed by atoms with van der Waals surface area (Å²) in [5.41, 5.74) is 8.41. The summed E-state index contributed by atoms with van der Waals surface area (Å²) >= 11 is 0. The largest absolute Gasteiger partial charge is 0.506 e. The van der Waals surface area contributed by atoms with Gasteiger partial charge in [0.2, 0.25) is 5.91 Å². The summed E-state index contributed by atoms with van der Waals surface area (Å²) in [5.74, 6) is -0.180. The number of amides is 1. The minimum Gasteiger partial charge on any atom is -0.506 e. The van der Waals surface area contributed by atoms with Crippen LogP contribution in [0.4, 0.5) is 5.69 Å². The number of nitrogens with zero attached hydrogens (tertiary/aromatic N) is 3. The molecule has 0 aliphatic carbocycles. The maximum atomic E-state index is 11.4. The number of nitrogens with one attached hydrogen (secondary N) is 1. The number of rotatable bonds is 5. The lowest BCUT2D eigenvalue weighted by molar-refractivity contribution is -0.116. The number of anilines is 1. The van der Waals surface area contributed by atoms with Crippen LogP contribution < -0.4 is 5.32 Å². The Morgan fingerprint density at radius 1 is 1.50 bits per heavy atom. The molecule has 0 fully saturated rings. The maximum Gasteiger partial charge on any atom is 0.224 e. The van der Waals surface area contributed by atoms with Crippen molar-refractivity contribution < 1.29 is 9.90 Å². The summed E-state index contributed by atoms with van der Waals surface area (Å²) in [7, 11) is 0. The molecule has 0 bridgehead atoms. The minimum absolute atomic E-state index is 0.0332. The van der Waals surface area contributed by atoms with E-state index < -0.39 is 0 Å². The Morgan fingerprint density at radius 2 is 2.25 bits per heavy atom. The van der Waals surface area contributed by atoms with Gasteiger partial charge in [0, 0.05) is 17.9 Å². The zero-order valence-electron chi connectivity index (χ0n) is 8.63. The highest BCUT2D eigenvalue weighted by molar-refractivity contribution is 5.92. The SMILES string of the molecule is [N-]=[N+]=NCCCC(=O)Nc1ccccc1O. The third kappa shape index (κ3) is 3.89. The van der Waals surface area contributed by atoms with Crippen molar-refractivity contribution in [3.05, 3.63) is 34.7 Å². The number of azide groups is 1. The van der Waals surface area contributed by atoms with Crippen LogP contribution in [0.3, 0.4) is 0 Å². The van der Waals surface area contributed by atoms with Crippen molar-refractivity contribution in [2.24, 2.45) is 5.11 Å². The number of carbonyl (C=O) groups excluding carboxylic acids is 1. The fourth-order valence-corrected chi connectivity index (χ4v) is 1.15. The molecule has 0 saturated heterocycles. The first kappa shape index (κ1) is 11.9. The molecule has 2 N–H and O–H groups in total. The van der Waals surface area contributed by atoms with Crippen molar-refractivity contribution >= 4 is 11.6 Å². The third-order valence-corrected chi connectivity index (χ3v) is 1.90. The predicted octanol–water partition coefficient (Wildman–Crippen LogP) is 2.42. The van der Waals surface area contributed by atoms with Crippen LogP contribution in [0.25, 0.3) is 10.4 Å². The van der Waals surface area contributed by atoms with Gasteiger partial charge in [0.05, 0.1) is 5.69 Å². The molecule has 84 valence electrons. The molecule has 6 nitrogen and oxygen atoms in total. The topological polar surface area (TPSA) is 98.1 Å². The standard InChI is InChI=1S/C10H12N4O2/c11-14-12-7-3-6-10(16)13-8-4-1-2-5-9(8)15/h1-2,4-5,15H,3,6-7H2,(H,13,16). The number of aromatic hydroxyl groups is 1. The van der Waals surface area contributed by atoms with Crippen molar-refractivity contribution in [3.8, 4) is 5.75 Å². The van der Waals surface area contributed by atoms with Crippen LogP contribution >= 0.6 is 0 Å². The van der Waals surface area contributed by atoms with Gasteiger partial charge in [0.15, 0.2) is 0 Å². The van der Waals surface area contributed by atoms with Gasteiger partial charge in [0.1, 0.15) is 5.75 Å². The van der Waals surface area contributed by atoms with Crippen molar-refractivity contribution in [3.63, 3.8) is 0 Å². The Kier molecular flexibility index (Phi) is 4.69. The highest BCUT2D eigenvalue weighted by Gasteiger charge is 2.04. The summed E-state index contributed by atoms with van der Waals surface area (Å²) in [5, 5.41) is 15.3. The van der Waals surface area contributed by atoms with Crippen molar-refractivity contribution in [2.75, 3.05) is 11.9 Å². The van der Waals surface area contributed by atoms with Gasteiger partial charge >= 0.3 is 0 Å². The first-order chi connectivity index (χ1) is 7.74. The molecular weight excluding hydrogens is 208 g/mol. The summed E-state index contributed by atoms with van der Waals surface area (Å²) in [6, 6.07) is 6.50. The van der Waals surface area contributed by atoms with E-state index in [1.54, 1.807) is 18.2 Å². The fraction of sp³-hybridized carbons (Fsp3) is 0.300. The van der Waals surface area contributed by atoms with Crippen LogP contribution in [0.1, 0.15) is 12.8 Å². The quantitative estimate of drug-likeness (QED) is 0.262. The highest BCUT2D eigenvalue weighted by atomic mass is 16.3. The molecule has 1 amide bonds. The van der Waals surface area contributed by atoms with Crippen LogP contribution in [-0.2, 0) is 4.79 Å². The monoisotopic (exact) mass is 220 g/mol. The number of phenols is 1. The minimum atomic E-state index is -0.213. The maximum absolute atomic E-state index is 11.4. The molecular formula is C10H12N4O2. The van der Waals surface area contributed by atoms with Gasteiger partial charge in [0.25, 0.3) is 0 Å². The smallest absolute Gasteiger partial charge is 0.224 e. The number of hydrogen-bond acceptors (Lipinski definition) is 3. The Labute approximate surface area is 92.5 Å². The van der Waals surface area contributed by atoms with E-state index in [1.807, 2.05) is 0 Å². The van der Waals surface area contributed by atoms with E-state index in [0.29, 0.717) is 18.7 Å². The average molecular weight is 220 g/mol. The van der Waals surface area contributed by atoms with E-state index in [2.05, 4.69) is 15.3 Å². The summed E-state index contributed by atoms with van der Waals surface area (Å²) in [6.07, 6.45) is 0.747. The molecule has 0 aromatic heterocycles. The molecule has 0 spiro atoms. The van der Waals surface area contributed by atoms with E-state index in [1.165, 1.54) is 6.07 Å². The first-order valence-electron chi connectivity index (χ1n) is 4.82. The lowest BCUT2D eigenvalue weighted by Gasteiger charge is -2.05. The van der Waals surface area contributed by atoms with E-state index >= 15 is 0 Å². The van der Waals surface area contributed by atoms with E-state index in [9.17, 15) is 9.90 Å². The molecule has 0 aliphatic rings. The molecule has 1 aromatic rings. The van der Waals surface area contributed by atoms with E-state index in [-0.39, 0.29) is 18.1 Å². The Bertz CT molecular complexity index is 413. The van der Waals surface area contributed by atoms with Gasteiger partial charge < -0.3 is 10.4 Å². The molecule has 0 saturated carbocycles. The Hall–Kier alpha value is -2.20. The molecule has 0 heterocycles. The zero-order chi connectivity index (χ0) is 11.8. The van der Waals surface area contributed by atoms with Gasteiger partial charge in [-0.25, -0.2) is 0 Å². The molecule has 0 unspecified atom stereocenters. The molecule has 0 radical (unpaired) electrons. The molecule has 1 rings (SSSR count). The molecule has 6 heteroatoms. The van der Waals surface area contributed by atoms with Gasteiger partial charge in [-0.2, -0.15) is 0 Å². The summed E-state index contributed by atoms with van der Waals surface area (Å²) in [4.78, 5) is 14.0. The first-order valence-corrected chi connectivity index (χ1v) is 4.82. The van der Waals surface area contributed by atoms with Crippen molar-refractivity contribution in [2.45, 2.75) is 12.8 Å². The number of carbonyl (C=O) groups is 1. The second-order valence-electron chi connectivity index (χ2n) is 3.12. The van der Waals surface area contributed by atoms with Gasteiger partial charge in [-0.05, 0) is 24.1 Å². The van der Waals surface area contributed by atoms with E-state index in [0.717, 1.165) is 0 Å². The zero-order valence-corrected chi connectivity index (χ0v) is 8.63. The second kappa shape index (κ2) is 6.31. The second-order valence-corrected chi connectivity index (χ2v) is 3.12. The fourth-order valence-electron chi connectivity index (χ4n) is 1.15. The average Bonchev–Trinajstić information content (AvgIpc) is 2.28. The normalized spacial score (nSPS) is 9.25. The van der Waals surface area contributed by atoms with Crippen LogP contribution in [0.15, 0.2) is 29.4 Å². The Balaban J connectivity index is 2.40. The lowest BCUT2D eigenvalue weighted by atomic mass is 10.2. The van der Waals surface area contributed by atoms with Gasteiger partial charge in [-0.3, -0.25) is 4.79 Å².